The number of fused-ring (bicyclic) bond motifs is 1. The minimum absolute atomic E-state index is 0.285. The average molecular weight is 283 g/mol. The summed E-state index contributed by atoms with van der Waals surface area (Å²) in [5.41, 5.74) is 3.23. The van der Waals surface area contributed by atoms with Crippen LogP contribution in [0, 0.1) is 0 Å². The first kappa shape index (κ1) is 13.2. The maximum Gasteiger partial charge on any atom is 0.125 e. The first-order valence-electron chi connectivity index (χ1n) is 6.82. The summed E-state index contributed by atoms with van der Waals surface area (Å²) in [5.74, 6) is 0. The number of nitrogens with zero attached hydrogens (tertiary/aromatic N) is 2. The van der Waals surface area contributed by atoms with Gasteiger partial charge in [-0.1, -0.05) is 25.1 Å². The van der Waals surface area contributed by atoms with Gasteiger partial charge in [0.2, 0.25) is 0 Å². The molecule has 20 heavy (non-hydrogen) atoms. The summed E-state index contributed by atoms with van der Waals surface area (Å²) in [5, 5.41) is 7.71. The Bertz CT molecular complexity index is 715. The fourth-order valence-corrected chi connectivity index (χ4v) is 3.24. The van der Waals surface area contributed by atoms with Crippen molar-refractivity contribution >= 4 is 22.2 Å². The van der Waals surface area contributed by atoms with E-state index in [1.807, 2.05) is 12.3 Å². The summed E-state index contributed by atoms with van der Waals surface area (Å²) < 4.78 is 0. The van der Waals surface area contributed by atoms with Crippen LogP contribution in [0.3, 0.4) is 0 Å². The first-order valence-corrected chi connectivity index (χ1v) is 7.70. The van der Waals surface area contributed by atoms with Crippen molar-refractivity contribution in [1.82, 2.24) is 15.3 Å². The molecule has 3 aromatic rings. The monoisotopic (exact) mass is 283 g/mol. The van der Waals surface area contributed by atoms with Crippen LogP contribution in [0.2, 0.25) is 0 Å². The molecule has 0 bridgehead atoms. The number of hydrogen-bond acceptors (Lipinski definition) is 4. The van der Waals surface area contributed by atoms with E-state index in [1.54, 1.807) is 11.3 Å². The van der Waals surface area contributed by atoms with Crippen molar-refractivity contribution in [2.45, 2.75) is 19.9 Å². The molecular formula is C16H17N3S. The van der Waals surface area contributed by atoms with E-state index in [9.17, 15) is 0 Å². The van der Waals surface area contributed by atoms with Crippen LogP contribution in [0.4, 0.5) is 0 Å². The van der Waals surface area contributed by atoms with E-state index in [0.29, 0.717) is 0 Å². The van der Waals surface area contributed by atoms with E-state index in [0.717, 1.165) is 33.7 Å². The van der Waals surface area contributed by atoms with E-state index in [4.69, 9.17) is 4.98 Å². The summed E-state index contributed by atoms with van der Waals surface area (Å²) in [6, 6.07) is 10.6. The molecule has 0 saturated heterocycles. The highest BCUT2D eigenvalue weighted by molar-refractivity contribution is 7.13. The van der Waals surface area contributed by atoms with Gasteiger partial charge in [0.25, 0.3) is 0 Å². The number of benzene rings is 1. The standard InChI is InChI=1S/C16H17N3S/c1-3-17-11(2)14-10-20-16(19-14)13-8-4-6-12-7-5-9-18-15(12)13/h4-11,17H,3H2,1-2H3. The molecule has 0 aliphatic carbocycles. The molecule has 1 N–H and O–H groups in total. The molecular weight excluding hydrogens is 266 g/mol. The lowest BCUT2D eigenvalue weighted by Gasteiger charge is -2.08. The van der Waals surface area contributed by atoms with Crippen LogP contribution in [0.15, 0.2) is 41.9 Å². The van der Waals surface area contributed by atoms with Gasteiger partial charge in [-0.15, -0.1) is 11.3 Å². The summed E-state index contributed by atoms with van der Waals surface area (Å²) in [6.07, 6.45) is 1.83. The third kappa shape index (κ3) is 2.44. The van der Waals surface area contributed by atoms with Gasteiger partial charge in [0.15, 0.2) is 0 Å². The second-order valence-corrected chi connectivity index (χ2v) is 5.60. The summed E-state index contributed by atoms with van der Waals surface area (Å²) >= 11 is 1.68. The van der Waals surface area contributed by atoms with Crippen LogP contribution in [0.25, 0.3) is 21.5 Å². The number of thiazole rings is 1. The number of nitrogens with one attached hydrogen (secondary N) is 1. The quantitative estimate of drug-likeness (QED) is 0.785. The van der Waals surface area contributed by atoms with Crippen molar-refractivity contribution in [2.24, 2.45) is 0 Å². The second kappa shape index (κ2) is 5.69. The van der Waals surface area contributed by atoms with Gasteiger partial charge in [0.1, 0.15) is 5.01 Å². The van der Waals surface area contributed by atoms with Gasteiger partial charge < -0.3 is 5.32 Å². The Hall–Kier alpha value is -1.78. The van der Waals surface area contributed by atoms with Crippen LogP contribution >= 0.6 is 11.3 Å². The Morgan fingerprint density at radius 1 is 1.25 bits per heavy atom. The van der Waals surface area contributed by atoms with Gasteiger partial charge >= 0.3 is 0 Å². The van der Waals surface area contributed by atoms with Crippen molar-refractivity contribution in [3.8, 4) is 10.6 Å². The molecule has 1 aromatic carbocycles. The molecule has 1 atom stereocenters. The molecule has 2 heterocycles. The molecule has 0 spiro atoms. The third-order valence-corrected chi connectivity index (χ3v) is 4.23. The number of rotatable bonds is 4. The molecule has 1 unspecified atom stereocenters. The predicted molar refractivity (Wildman–Crippen MR) is 84.9 cm³/mol. The first-order chi connectivity index (χ1) is 9.79. The van der Waals surface area contributed by atoms with E-state index in [-0.39, 0.29) is 6.04 Å². The highest BCUT2D eigenvalue weighted by atomic mass is 32.1. The number of aromatic nitrogens is 2. The molecule has 3 nitrogen and oxygen atoms in total. The average Bonchev–Trinajstić information content (AvgIpc) is 2.97. The van der Waals surface area contributed by atoms with Gasteiger partial charge in [-0.2, -0.15) is 0 Å². The van der Waals surface area contributed by atoms with Crippen LogP contribution in [0.1, 0.15) is 25.6 Å². The lowest BCUT2D eigenvalue weighted by atomic mass is 10.1. The fourth-order valence-electron chi connectivity index (χ4n) is 2.30. The van der Waals surface area contributed by atoms with Gasteiger partial charge in [-0.3, -0.25) is 4.98 Å². The number of para-hydroxylation sites is 1. The van der Waals surface area contributed by atoms with Crippen molar-refractivity contribution < 1.29 is 0 Å². The summed E-state index contributed by atoms with van der Waals surface area (Å²) in [4.78, 5) is 9.26. The van der Waals surface area contributed by atoms with Crippen LogP contribution in [0.5, 0.6) is 0 Å². The van der Waals surface area contributed by atoms with E-state index >= 15 is 0 Å². The Labute approximate surface area is 122 Å². The molecule has 0 amide bonds. The SMILES string of the molecule is CCNC(C)c1csc(-c2cccc3cccnc23)n1. The van der Waals surface area contributed by atoms with Crippen LogP contribution in [-0.2, 0) is 0 Å². The zero-order chi connectivity index (χ0) is 13.9. The Balaban J connectivity index is 2.03. The van der Waals surface area contributed by atoms with Crippen LogP contribution < -0.4 is 5.32 Å². The van der Waals surface area contributed by atoms with Crippen molar-refractivity contribution in [2.75, 3.05) is 6.54 Å². The molecule has 4 heteroatoms. The topological polar surface area (TPSA) is 37.8 Å². The number of hydrogen-bond donors (Lipinski definition) is 1. The molecule has 0 radical (unpaired) electrons. The lowest BCUT2D eigenvalue weighted by Crippen LogP contribution is -2.17. The Morgan fingerprint density at radius 3 is 2.95 bits per heavy atom. The van der Waals surface area contributed by atoms with Gasteiger partial charge in [0.05, 0.1) is 11.2 Å². The van der Waals surface area contributed by atoms with Gasteiger partial charge in [-0.25, -0.2) is 4.98 Å². The maximum atomic E-state index is 4.77. The zero-order valence-electron chi connectivity index (χ0n) is 11.6. The minimum Gasteiger partial charge on any atom is -0.309 e. The Morgan fingerprint density at radius 2 is 2.10 bits per heavy atom. The van der Waals surface area contributed by atoms with E-state index < -0.39 is 0 Å². The van der Waals surface area contributed by atoms with Crippen molar-refractivity contribution in [3.05, 3.63) is 47.6 Å². The fraction of sp³-hybridized carbons (Fsp3) is 0.250. The molecule has 3 rings (SSSR count). The Kier molecular flexibility index (Phi) is 3.76. The zero-order valence-corrected chi connectivity index (χ0v) is 12.4. The van der Waals surface area contributed by atoms with E-state index in [1.165, 1.54) is 0 Å². The molecule has 0 aliphatic rings. The molecule has 2 aromatic heterocycles. The van der Waals surface area contributed by atoms with Crippen molar-refractivity contribution in [3.63, 3.8) is 0 Å². The van der Waals surface area contributed by atoms with Gasteiger partial charge in [0, 0.05) is 28.6 Å². The molecule has 0 fully saturated rings. The highest BCUT2D eigenvalue weighted by Gasteiger charge is 2.12. The van der Waals surface area contributed by atoms with Gasteiger partial charge in [-0.05, 0) is 25.6 Å². The molecule has 0 aliphatic heterocycles. The normalized spacial score (nSPS) is 12.7. The largest absolute Gasteiger partial charge is 0.309 e. The molecule has 102 valence electrons. The van der Waals surface area contributed by atoms with Crippen LogP contribution in [-0.4, -0.2) is 16.5 Å². The lowest BCUT2D eigenvalue weighted by molar-refractivity contribution is 0.587. The maximum absolute atomic E-state index is 4.77. The van der Waals surface area contributed by atoms with E-state index in [2.05, 4.69) is 53.8 Å². The second-order valence-electron chi connectivity index (χ2n) is 4.74. The smallest absolute Gasteiger partial charge is 0.125 e. The third-order valence-electron chi connectivity index (χ3n) is 3.34. The predicted octanol–water partition coefficient (Wildman–Crippen LogP) is 4.03. The van der Waals surface area contributed by atoms with Crippen molar-refractivity contribution in [1.29, 1.82) is 0 Å². The highest BCUT2D eigenvalue weighted by Crippen LogP contribution is 2.30. The summed E-state index contributed by atoms with van der Waals surface area (Å²) in [6.45, 7) is 5.20. The summed E-state index contributed by atoms with van der Waals surface area (Å²) in [7, 11) is 0. The number of pyridine rings is 1. The molecule has 0 saturated carbocycles. The minimum atomic E-state index is 0.285.